The number of aromatic nitrogens is 1. The molecule has 0 aliphatic heterocycles. The Balaban J connectivity index is 1.68. The van der Waals surface area contributed by atoms with E-state index < -0.39 is 5.97 Å². The Morgan fingerprint density at radius 1 is 0.862 bits per heavy atom. The number of rotatable bonds is 5. The Labute approximate surface area is 172 Å². The predicted molar refractivity (Wildman–Crippen MR) is 113 cm³/mol. The SMILES string of the molecule is O=C(COC(=O)c1cc(-c2ccccc2)nc2ccc(Cl)cc12)c1ccccc1. The lowest BCUT2D eigenvalue weighted by molar-refractivity contribution is 0.0476. The second-order valence-corrected chi connectivity index (χ2v) is 6.88. The molecular weight excluding hydrogens is 386 g/mol. The van der Waals surface area contributed by atoms with Crippen LogP contribution in [0.25, 0.3) is 22.2 Å². The molecule has 0 aliphatic rings. The number of esters is 1. The summed E-state index contributed by atoms with van der Waals surface area (Å²) in [6, 6.07) is 25.1. The molecule has 0 bridgehead atoms. The number of benzene rings is 3. The van der Waals surface area contributed by atoms with Crippen LogP contribution in [0.1, 0.15) is 20.7 Å². The summed E-state index contributed by atoms with van der Waals surface area (Å²) >= 11 is 6.13. The highest BCUT2D eigenvalue weighted by atomic mass is 35.5. The van der Waals surface area contributed by atoms with Gasteiger partial charge in [0, 0.05) is 21.5 Å². The van der Waals surface area contributed by atoms with Gasteiger partial charge in [0.25, 0.3) is 0 Å². The zero-order valence-corrected chi connectivity index (χ0v) is 16.1. The Morgan fingerprint density at radius 2 is 1.55 bits per heavy atom. The van der Waals surface area contributed by atoms with Crippen molar-refractivity contribution in [3.05, 3.63) is 101 Å². The number of carbonyl (C=O) groups excluding carboxylic acids is 2. The van der Waals surface area contributed by atoms with Crippen molar-refractivity contribution in [2.75, 3.05) is 6.61 Å². The molecule has 0 spiro atoms. The van der Waals surface area contributed by atoms with Crippen LogP contribution in [0.2, 0.25) is 5.02 Å². The summed E-state index contributed by atoms with van der Waals surface area (Å²) in [7, 11) is 0. The topological polar surface area (TPSA) is 56.3 Å². The van der Waals surface area contributed by atoms with Gasteiger partial charge in [-0.15, -0.1) is 0 Å². The Morgan fingerprint density at radius 3 is 2.28 bits per heavy atom. The number of hydrogen-bond acceptors (Lipinski definition) is 4. The highest BCUT2D eigenvalue weighted by Gasteiger charge is 2.17. The van der Waals surface area contributed by atoms with Crippen LogP contribution in [0.5, 0.6) is 0 Å². The summed E-state index contributed by atoms with van der Waals surface area (Å²) in [5.74, 6) is -0.861. The molecule has 142 valence electrons. The van der Waals surface area contributed by atoms with E-state index in [9.17, 15) is 9.59 Å². The van der Waals surface area contributed by atoms with E-state index in [-0.39, 0.29) is 12.4 Å². The molecule has 0 radical (unpaired) electrons. The standard InChI is InChI=1S/C24H16ClNO3/c25-18-11-12-21-19(13-18)20(14-22(26-21)16-7-3-1-4-8-16)24(28)29-15-23(27)17-9-5-2-6-10-17/h1-14H,15H2. The second-order valence-electron chi connectivity index (χ2n) is 6.45. The van der Waals surface area contributed by atoms with Crippen molar-refractivity contribution in [1.29, 1.82) is 0 Å². The molecule has 4 aromatic rings. The number of Topliss-reactive ketones (excluding diaryl/α,β-unsaturated/α-hetero) is 1. The number of pyridine rings is 1. The first-order chi connectivity index (χ1) is 14.1. The fraction of sp³-hybridized carbons (Fsp3) is 0.0417. The lowest BCUT2D eigenvalue weighted by atomic mass is 10.0. The fourth-order valence-corrected chi connectivity index (χ4v) is 3.21. The van der Waals surface area contributed by atoms with Gasteiger partial charge in [-0.2, -0.15) is 0 Å². The van der Waals surface area contributed by atoms with Crippen molar-refractivity contribution < 1.29 is 14.3 Å². The maximum Gasteiger partial charge on any atom is 0.339 e. The van der Waals surface area contributed by atoms with Gasteiger partial charge in [-0.1, -0.05) is 72.3 Å². The van der Waals surface area contributed by atoms with Gasteiger partial charge in [-0.05, 0) is 24.3 Å². The van der Waals surface area contributed by atoms with E-state index in [0.717, 1.165) is 5.56 Å². The molecule has 4 nitrogen and oxygen atoms in total. The average Bonchev–Trinajstić information content (AvgIpc) is 2.77. The number of nitrogens with zero attached hydrogens (tertiary/aromatic N) is 1. The first kappa shape index (κ1) is 18.8. The van der Waals surface area contributed by atoms with Gasteiger partial charge in [0.1, 0.15) is 0 Å². The van der Waals surface area contributed by atoms with Crippen LogP contribution < -0.4 is 0 Å². The first-order valence-corrected chi connectivity index (χ1v) is 9.41. The number of ketones is 1. The predicted octanol–water partition coefficient (Wildman–Crippen LogP) is 5.59. The minimum Gasteiger partial charge on any atom is -0.454 e. The van der Waals surface area contributed by atoms with Gasteiger partial charge in [0.15, 0.2) is 12.4 Å². The maximum absolute atomic E-state index is 12.8. The molecule has 1 aromatic heterocycles. The van der Waals surface area contributed by atoms with Gasteiger partial charge >= 0.3 is 5.97 Å². The number of fused-ring (bicyclic) bond motifs is 1. The largest absolute Gasteiger partial charge is 0.454 e. The molecule has 0 aliphatic carbocycles. The lowest BCUT2D eigenvalue weighted by Gasteiger charge is -2.10. The third kappa shape index (κ3) is 4.18. The summed E-state index contributed by atoms with van der Waals surface area (Å²) in [5, 5.41) is 1.07. The smallest absolute Gasteiger partial charge is 0.339 e. The molecule has 4 rings (SSSR count). The quantitative estimate of drug-likeness (QED) is 0.323. The van der Waals surface area contributed by atoms with Crippen molar-refractivity contribution in [1.82, 2.24) is 4.98 Å². The van der Waals surface area contributed by atoms with E-state index in [1.165, 1.54) is 0 Å². The highest BCUT2D eigenvalue weighted by Crippen LogP contribution is 2.27. The number of carbonyl (C=O) groups is 2. The van der Waals surface area contributed by atoms with E-state index in [2.05, 4.69) is 4.98 Å². The molecule has 0 saturated heterocycles. The van der Waals surface area contributed by atoms with E-state index in [1.54, 1.807) is 48.5 Å². The zero-order chi connectivity index (χ0) is 20.2. The Bertz CT molecular complexity index is 1190. The van der Waals surface area contributed by atoms with E-state index in [4.69, 9.17) is 16.3 Å². The van der Waals surface area contributed by atoms with E-state index in [1.807, 2.05) is 36.4 Å². The van der Waals surface area contributed by atoms with E-state index in [0.29, 0.717) is 32.7 Å². The minimum atomic E-state index is -0.596. The van der Waals surface area contributed by atoms with Crippen LogP contribution in [0.4, 0.5) is 0 Å². The third-order valence-corrected chi connectivity index (χ3v) is 4.73. The summed E-state index contributed by atoms with van der Waals surface area (Å²) in [4.78, 5) is 29.8. The second kappa shape index (κ2) is 8.25. The zero-order valence-electron chi connectivity index (χ0n) is 15.3. The third-order valence-electron chi connectivity index (χ3n) is 4.49. The molecule has 0 saturated carbocycles. The summed E-state index contributed by atoms with van der Waals surface area (Å²) in [6.07, 6.45) is 0. The monoisotopic (exact) mass is 401 g/mol. The number of hydrogen-bond donors (Lipinski definition) is 0. The lowest BCUT2D eigenvalue weighted by Crippen LogP contribution is -2.15. The number of halogens is 1. The highest BCUT2D eigenvalue weighted by molar-refractivity contribution is 6.31. The van der Waals surface area contributed by atoms with Gasteiger partial charge in [0.05, 0.1) is 16.8 Å². The van der Waals surface area contributed by atoms with Crippen molar-refractivity contribution in [2.45, 2.75) is 0 Å². The molecule has 3 aromatic carbocycles. The van der Waals surface area contributed by atoms with Crippen LogP contribution >= 0.6 is 11.6 Å². The summed E-state index contributed by atoms with van der Waals surface area (Å²) in [6.45, 7) is -0.339. The molecule has 5 heteroatoms. The van der Waals surface area contributed by atoms with Gasteiger partial charge < -0.3 is 4.74 Å². The fourth-order valence-electron chi connectivity index (χ4n) is 3.04. The average molecular weight is 402 g/mol. The summed E-state index contributed by atoms with van der Waals surface area (Å²) < 4.78 is 5.32. The van der Waals surface area contributed by atoms with Crippen LogP contribution in [-0.2, 0) is 4.74 Å². The van der Waals surface area contributed by atoms with Crippen molar-refractivity contribution in [2.24, 2.45) is 0 Å². The molecule has 0 atom stereocenters. The molecule has 1 heterocycles. The molecule has 29 heavy (non-hydrogen) atoms. The van der Waals surface area contributed by atoms with Crippen molar-refractivity contribution in [3.8, 4) is 11.3 Å². The molecule has 0 N–H and O–H groups in total. The molecule has 0 fully saturated rings. The summed E-state index contributed by atoms with van der Waals surface area (Å²) in [5.41, 5.74) is 2.95. The van der Waals surface area contributed by atoms with Crippen molar-refractivity contribution >= 4 is 34.3 Å². The van der Waals surface area contributed by atoms with Crippen LogP contribution in [0.3, 0.4) is 0 Å². The van der Waals surface area contributed by atoms with Gasteiger partial charge in [-0.3, -0.25) is 4.79 Å². The Kier molecular flexibility index (Phi) is 5.36. The van der Waals surface area contributed by atoms with Crippen molar-refractivity contribution in [3.63, 3.8) is 0 Å². The molecular formula is C24H16ClNO3. The van der Waals surface area contributed by atoms with Crippen LogP contribution in [-0.4, -0.2) is 23.3 Å². The first-order valence-electron chi connectivity index (χ1n) is 9.03. The van der Waals surface area contributed by atoms with Gasteiger partial charge in [-0.25, -0.2) is 9.78 Å². The van der Waals surface area contributed by atoms with Crippen LogP contribution in [0, 0.1) is 0 Å². The normalized spacial score (nSPS) is 10.7. The molecule has 0 unspecified atom stereocenters. The minimum absolute atomic E-state index is 0.265. The number of ether oxygens (including phenoxy) is 1. The Hall–Kier alpha value is -3.50. The molecule has 0 amide bonds. The van der Waals surface area contributed by atoms with E-state index >= 15 is 0 Å². The maximum atomic E-state index is 12.8. The van der Waals surface area contributed by atoms with Crippen LogP contribution in [0.15, 0.2) is 84.9 Å². The van der Waals surface area contributed by atoms with Gasteiger partial charge in [0.2, 0.25) is 0 Å².